The van der Waals surface area contributed by atoms with Gasteiger partial charge in [-0.3, -0.25) is 0 Å². The van der Waals surface area contributed by atoms with Crippen LogP contribution in [0.2, 0.25) is 0 Å². The molecular formula is C11H17NO2S. The molecule has 0 aromatic carbocycles. The Balaban J connectivity index is 0.000000162. The molecule has 1 fully saturated rings. The maximum absolute atomic E-state index is 10.2. The average molecular weight is 227 g/mol. The van der Waals surface area contributed by atoms with Crippen molar-refractivity contribution in [3.63, 3.8) is 0 Å². The number of hydrogen-bond donors (Lipinski definition) is 2. The largest absolute Gasteiger partial charge is 0.478 e. The van der Waals surface area contributed by atoms with E-state index in [4.69, 9.17) is 10.8 Å². The molecule has 1 saturated carbocycles. The second kappa shape index (κ2) is 6.45. The molecule has 1 aliphatic rings. The van der Waals surface area contributed by atoms with Gasteiger partial charge in [-0.15, -0.1) is 11.3 Å². The first-order valence-electron chi connectivity index (χ1n) is 5.28. The second-order valence-electron chi connectivity index (χ2n) is 3.62. The predicted octanol–water partition coefficient (Wildman–Crippen LogP) is 3.37. The van der Waals surface area contributed by atoms with E-state index in [1.54, 1.807) is 5.38 Å². The number of thiophene rings is 1. The Bertz CT molecular complexity index is 294. The van der Waals surface area contributed by atoms with Crippen LogP contribution in [0.3, 0.4) is 0 Å². The fourth-order valence-electron chi connectivity index (χ4n) is 1.56. The monoisotopic (exact) mass is 227 g/mol. The summed E-state index contributed by atoms with van der Waals surface area (Å²) in [6, 6.07) is 1.49. The molecule has 4 heteroatoms. The number of carboxylic acids is 1. The molecule has 3 N–H and O–H groups in total. The zero-order valence-electron chi connectivity index (χ0n) is 8.74. The molecule has 1 heterocycles. The minimum atomic E-state index is -0.964. The molecule has 0 atom stereocenters. The molecule has 1 aliphatic carbocycles. The van der Waals surface area contributed by atoms with Crippen LogP contribution in [0.5, 0.6) is 0 Å². The summed E-state index contributed by atoms with van der Waals surface area (Å²) < 4.78 is 0. The van der Waals surface area contributed by atoms with Crippen LogP contribution in [-0.4, -0.2) is 11.1 Å². The van der Waals surface area contributed by atoms with E-state index in [2.05, 4.69) is 0 Å². The maximum atomic E-state index is 10.2. The lowest BCUT2D eigenvalue weighted by Crippen LogP contribution is -1.96. The first kappa shape index (κ1) is 12.0. The molecule has 1 aromatic rings. The van der Waals surface area contributed by atoms with E-state index < -0.39 is 5.97 Å². The van der Waals surface area contributed by atoms with E-state index in [9.17, 15) is 4.79 Å². The predicted molar refractivity (Wildman–Crippen MR) is 63.4 cm³/mol. The first-order valence-corrected chi connectivity index (χ1v) is 6.16. The Morgan fingerprint density at radius 3 is 1.87 bits per heavy atom. The summed E-state index contributed by atoms with van der Waals surface area (Å²) in [4.78, 5) is 10.2. The highest BCUT2D eigenvalue weighted by Gasteiger charge is 2.06. The lowest BCUT2D eigenvalue weighted by atomic mass is 10.0. The first-order chi connectivity index (χ1) is 7.22. The van der Waals surface area contributed by atoms with Crippen molar-refractivity contribution in [1.82, 2.24) is 0 Å². The number of anilines is 1. The number of nitrogen functional groups attached to an aromatic ring is 1. The van der Waals surface area contributed by atoms with Crippen molar-refractivity contribution in [2.75, 3.05) is 5.73 Å². The Kier molecular flexibility index (Phi) is 5.18. The molecule has 0 spiro atoms. The Hall–Kier alpha value is -1.03. The van der Waals surface area contributed by atoms with Gasteiger partial charge in [-0.1, -0.05) is 38.5 Å². The van der Waals surface area contributed by atoms with Gasteiger partial charge in [0, 0.05) is 0 Å². The highest BCUT2D eigenvalue weighted by molar-refractivity contribution is 7.14. The molecule has 1 aromatic heterocycles. The highest BCUT2D eigenvalue weighted by Crippen LogP contribution is 2.18. The van der Waals surface area contributed by atoms with Crippen molar-refractivity contribution in [3.05, 3.63) is 17.0 Å². The summed E-state index contributed by atoms with van der Waals surface area (Å²) in [6.07, 6.45) is 9.00. The van der Waals surface area contributed by atoms with Gasteiger partial charge in [0.2, 0.25) is 0 Å². The molecule has 2 rings (SSSR count). The topological polar surface area (TPSA) is 63.3 Å². The van der Waals surface area contributed by atoms with Crippen LogP contribution < -0.4 is 5.73 Å². The van der Waals surface area contributed by atoms with Crippen LogP contribution in [0.1, 0.15) is 48.9 Å². The van der Waals surface area contributed by atoms with Gasteiger partial charge in [0.1, 0.15) is 5.00 Å². The molecule has 0 unspecified atom stereocenters. The van der Waals surface area contributed by atoms with Gasteiger partial charge in [0.05, 0.1) is 5.56 Å². The van der Waals surface area contributed by atoms with Crippen molar-refractivity contribution in [3.8, 4) is 0 Å². The minimum Gasteiger partial charge on any atom is -0.478 e. The van der Waals surface area contributed by atoms with Crippen LogP contribution in [0.4, 0.5) is 5.00 Å². The molecule has 0 bridgehead atoms. The summed E-state index contributed by atoms with van der Waals surface area (Å²) in [5.41, 5.74) is 5.47. The third kappa shape index (κ3) is 4.34. The van der Waals surface area contributed by atoms with Crippen molar-refractivity contribution >= 4 is 22.3 Å². The molecule has 0 saturated heterocycles. The Labute approximate surface area is 93.9 Å². The van der Waals surface area contributed by atoms with Gasteiger partial charge >= 0.3 is 5.97 Å². The minimum absolute atomic E-state index is 0.194. The normalized spacial score (nSPS) is 15.2. The number of hydrogen-bond acceptors (Lipinski definition) is 3. The standard InChI is InChI=1S/C6H12.C5H5NO2S/c1-2-4-6-5-3-1;6-4-3(5(7)8)1-2-9-4/h1-6H2;1-2H,6H2,(H,7,8). The van der Waals surface area contributed by atoms with E-state index in [-0.39, 0.29) is 5.56 Å². The summed E-state index contributed by atoms with van der Waals surface area (Å²) >= 11 is 1.23. The van der Waals surface area contributed by atoms with E-state index in [0.29, 0.717) is 5.00 Å². The third-order valence-corrected chi connectivity index (χ3v) is 3.17. The third-order valence-electron chi connectivity index (χ3n) is 2.43. The molecule has 0 amide bonds. The number of rotatable bonds is 1. The lowest BCUT2D eigenvalue weighted by Gasteiger charge is -2.05. The van der Waals surface area contributed by atoms with Gasteiger partial charge < -0.3 is 10.8 Å². The molecule has 84 valence electrons. The molecule has 0 radical (unpaired) electrons. The van der Waals surface area contributed by atoms with Gasteiger partial charge in [0.25, 0.3) is 0 Å². The van der Waals surface area contributed by atoms with Crippen LogP contribution in [-0.2, 0) is 0 Å². The Morgan fingerprint density at radius 1 is 1.20 bits per heavy atom. The van der Waals surface area contributed by atoms with Crippen LogP contribution in [0.15, 0.2) is 11.4 Å². The second-order valence-corrected chi connectivity index (χ2v) is 4.57. The zero-order chi connectivity index (χ0) is 11.1. The fourth-order valence-corrected chi connectivity index (χ4v) is 2.19. The van der Waals surface area contributed by atoms with Crippen molar-refractivity contribution in [2.24, 2.45) is 0 Å². The SMILES string of the molecule is C1CCCCC1.Nc1sccc1C(=O)O. The van der Waals surface area contributed by atoms with Gasteiger partial charge in [-0.2, -0.15) is 0 Å². The molecule has 0 aliphatic heterocycles. The van der Waals surface area contributed by atoms with Crippen LogP contribution >= 0.6 is 11.3 Å². The van der Waals surface area contributed by atoms with Crippen molar-refractivity contribution < 1.29 is 9.90 Å². The Morgan fingerprint density at radius 2 is 1.67 bits per heavy atom. The summed E-state index contributed by atoms with van der Waals surface area (Å²) in [6.45, 7) is 0. The lowest BCUT2D eigenvalue weighted by molar-refractivity contribution is 0.0698. The maximum Gasteiger partial charge on any atom is 0.338 e. The quantitative estimate of drug-likeness (QED) is 0.773. The fraction of sp³-hybridized carbons (Fsp3) is 0.545. The molecule has 3 nitrogen and oxygen atoms in total. The zero-order valence-corrected chi connectivity index (χ0v) is 9.55. The van der Waals surface area contributed by atoms with E-state index in [1.165, 1.54) is 55.9 Å². The van der Waals surface area contributed by atoms with Crippen molar-refractivity contribution in [1.29, 1.82) is 0 Å². The van der Waals surface area contributed by atoms with Crippen molar-refractivity contribution in [2.45, 2.75) is 38.5 Å². The smallest absolute Gasteiger partial charge is 0.338 e. The number of carboxylic acid groups (broad SMARTS) is 1. The van der Waals surface area contributed by atoms with Crippen LogP contribution in [0, 0.1) is 0 Å². The summed E-state index contributed by atoms with van der Waals surface area (Å²) in [5.74, 6) is -0.964. The molecular weight excluding hydrogens is 210 g/mol. The van der Waals surface area contributed by atoms with E-state index in [1.807, 2.05) is 0 Å². The van der Waals surface area contributed by atoms with Gasteiger partial charge in [-0.05, 0) is 11.4 Å². The highest BCUT2D eigenvalue weighted by atomic mass is 32.1. The van der Waals surface area contributed by atoms with Crippen LogP contribution in [0.25, 0.3) is 0 Å². The number of nitrogens with two attached hydrogens (primary N) is 1. The van der Waals surface area contributed by atoms with E-state index in [0.717, 1.165) is 0 Å². The molecule has 15 heavy (non-hydrogen) atoms. The number of carbonyl (C=O) groups is 1. The average Bonchev–Trinajstić information content (AvgIpc) is 2.68. The van der Waals surface area contributed by atoms with E-state index >= 15 is 0 Å². The van der Waals surface area contributed by atoms with Gasteiger partial charge in [0.15, 0.2) is 0 Å². The number of aromatic carboxylic acids is 1. The summed E-state index contributed by atoms with van der Waals surface area (Å²) in [7, 11) is 0. The van der Waals surface area contributed by atoms with Gasteiger partial charge in [-0.25, -0.2) is 4.79 Å². The summed E-state index contributed by atoms with van der Waals surface area (Å²) in [5, 5.41) is 10.4.